The van der Waals surface area contributed by atoms with Crippen LogP contribution >= 0.6 is 0 Å². The minimum absolute atomic E-state index is 0.158. The fourth-order valence-electron chi connectivity index (χ4n) is 1.26. The molecule has 1 aliphatic rings. The van der Waals surface area contributed by atoms with Gasteiger partial charge in [0.1, 0.15) is 0 Å². The number of rotatable bonds is 3. The number of hydrogen-bond donors (Lipinski definition) is 2. The fraction of sp³-hybridized carbons (Fsp3) is 0.875. The van der Waals surface area contributed by atoms with Gasteiger partial charge in [0.05, 0.1) is 13.2 Å². The van der Waals surface area contributed by atoms with Gasteiger partial charge in [0.25, 0.3) is 0 Å². The summed E-state index contributed by atoms with van der Waals surface area (Å²) in [6.45, 7) is 4.05. The summed E-state index contributed by atoms with van der Waals surface area (Å²) in [5.74, 6) is -1.18. The summed E-state index contributed by atoms with van der Waals surface area (Å²) < 4.78 is 5.10. The van der Waals surface area contributed by atoms with Crippen molar-refractivity contribution in [2.75, 3.05) is 32.8 Å². The van der Waals surface area contributed by atoms with E-state index < -0.39 is 11.6 Å². The molecule has 1 rings (SSSR count). The van der Waals surface area contributed by atoms with E-state index in [0.29, 0.717) is 26.3 Å². The number of carboxylic acid groups (broad SMARTS) is 1. The summed E-state index contributed by atoms with van der Waals surface area (Å²) in [7, 11) is 0. The molecule has 0 saturated carbocycles. The van der Waals surface area contributed by atoms with Crippen molar-refractivity contribution in [2.24, 2.45) is 0 Å². The normalized spacial score (nSPS) is 23.8. The van der Waals surface area contributed by atoms with E-state index in [0.717, 1.165) is 0 Å². The third-order valence-corrected chi connectivity index (χ3v) is 2.10. The second kappa shape index (κ2) is 4.04. The van der Waals surface area contributed by atoms with Crippen molar-refractivity contribution in [2.45, 2.75) is 12.5 Å². The van der Waals surface area contributed by atoms with E-state index in [1.54, 1.807) is 0 Å². The Morgan fingerprint density at radius 1 is 1.54 bits per heavy atom. The first-order chi connectivity index (χ1) is 6.02. The minimum atomic E-state index is -1.66. The summed E-state index contributed by atoms with van der Waals surface area (Å²) in [6, 6.07) is 0. The first kappa shape index (κ1) is 10.4. The minimum Gasteiger partial charge on any atom is -0.479 e. The maximum atomic E-state index is 10.6. The SMILES string of the molecule is CC(O)(CN1CCOCC1)C(=O)O. The van der Waals surface area contributed by atoms with Crippen molar-refractivity contribution in [3.8, 4) is 0 Å². The lowest BCUT2D eigenvalue weighted by molar-refractivity contribution is -0.159. The molecule has 0 aromatic carbocycles. The van der Waals surface area contributed by atoms with Gasteiger partial charge in [-0.25, -0.2) is 4.79 Å². The maximum Gasteiger partial charge on any atom is 0.336 e. The second-order valence-electron chi connectivity index (χ2n) is 3.47. The zero-order chi connectivity index (χ0) is 9.90. The van der Waals surface area contributed by atoms with E-state index in [2.05, 4.69) is 0 Å². The number of nitrogens with zero attached hydrogens (tertiary/aromatic N) is 1. The van der Waals surface area contributed by atoms with Gasteiger partial charge >= 0.3 is 5.97 Å². The molecule has 0 radical (unpaired) electrons. The topological polar surface area (TPSA) is 70.0 Å². The lowest BCUT2D eigenvalue weighted by Gasteiger charge is -2.31. The number of carbonyl (C=O) groups is 1. The summed E-state index contributed by atoms with van der Waals surface area (Å²) in [4.78, 5) is 12.5. The van der Waals surface area contributed by atoms with Crippen molar-refractivity contribution in [3.63, 3.8) is 0 Å². The van der Waals surface area contributed by atoms with E-state index >= 15 is 0 Å². The first-order valence-electron chi connectivity index (χ1n) is 4.28. The molecule has 1 heterocycles. The molecular weight excluding hydrogens is 174 g/mol. The smallest absolute Gasteiger partial charge is 0.336 e. The molecule has 0 amide bonds. The van der Waals surface area contributed by atoms with Crippen LogP contribution in [-0.4, -0.2) is 59.5 Å². The van der Waals surface area contributed by atoms with Gasteiger partial charge in [-0.2, -0.15) is 0 Å². The average Bonchev–Trinajstić information content (AvgIpc) is 2.05. The largest absolute Gasteiger partial charge is 0.479 e. The van der Waals surface area contributed by atoms with E-state index in [1.807, 2.05) is 4.90 Å². The third-order valence-electron chi connectivity index (χ3n) is 2.10. The Kier molecular flexibility index (Phi) is 3.24. The lowest BCUT2D eigenvalue weighted by Crippen LogP contribution is -2.50. The quantitative estimate of drug-likeness (QED) is 0.605. The number of aliphatic carboxylic acids is 1. The van der Waals surface area contributed by atoms with Crippen LogP contribution in [0.15, 0.2) is 0 Å². The van der Waals surface area contributed by atoms with Gasteiger partial charge in [-0.05, 0) is 6.92 Å². The summed E-state index contributed by atoms with van der Waals surface area (Å²) in [5.41, 5.74) is -1.66. The highest BCUT2D eigenvalue weighted by Crippen LogP contribution is 2.08. The number of aliphatic hydroxyl groups is 1. The molecule has 1 unspecified atom stereocenters. The third kappa shape index (κ3) is 2.95. The van der Waals surface area contributed by atoms with E-state index in [-0.39, 0.29) is 6.54 Å². The van der Waals surface area contributed by atoms with Gasteiger partial charge < -0.3 is 14.9 Å². The van der Waals surface area contributed by atoms with Crippen LogP contribution in [0.4, 0.5) is 0 Å². The van der Waals surface area contributed by atoms with Crippen molar-refractivity contribution >= 4 is 5.97 Å². The van der Waals surface area contributed by atoms with Crippen LogP contribution in [0.2, 0.25) is 0 Å². The van der Waals surface area contributed by atoms with Crippen molar-refractivity contribution in [1.82, 2.24) is 4.90 Å². The predicted molar refractivity (Wildman–Crippen MR) is 45.5 cm³/mol. The van der Waals surface area contributed by atoms with Crippen molar-refractivity contribution < 1.29 is 19.7 Å². The van der Waals surface area contributed by atoms with Crippen LogP contribution in [0.5, 0.6) is 0 Å². The number of carboxylic acids is 1. The zero-order valence-electron chi connectivity index (χ0n) is 7.69. The summed E-state index contributed by atoms with van der Waals surface area (Å²) in [6.07, 6.45) is 0. The van der Waals surface area contributed by atoms with Crippen LogP contribution in [0, 0.1) is 0 Å². The number of hydrogen-bond acceptors (Lipinski definition) is 4. The van der Waals surface area contributed by atoms with Crippen molar-refractivity contribution in [3.05, 3.63) is 0 Å². The molecule has 0 aromatic rings. The molecule has 0 aromatic heterocycles. The fourth-order valence-corrected chi connectivity index (χ4v) is 1.26. The molecule has 1 aliphatic heterocycles. The molecule has 0 bridgehead atoms. The van der Waals surface area contributed by atoms with Gasteiger partial charge in [0, 0.05) is 19.6 Å². The molecule has 0 aliphatic carbocycles. The van der Waals surface area contributed by atoms with Crippen LogP contribution < -0.4 is 0 Å². The highest BCUT2D eigenvalue weighted by atomic mass is 16.5. The second-order valence-corrected chi connectivity index (χ2v) is 3.47. The zero-order valence-corrected chi connectivity index (χ0v) is 7.69. The maximum absolute atomic E-state index is 10.6. The molecule has 2 N–H and O–H groups in total. The number of ether oxygens (including phenoxy) is 1. The Morgan fingerprint density at radius 3 is 2.54 bits per heavy atom. The molecule has 1 atom stereocenters. The molecule has 13 heavy (non-hydrogen) atoms. The van der Waals surface area contributed by atoms with E-state index in [9.17, 15) is 9.90 Å². The number of morpholine rings is 1. The monoisotopic (exact) mass is 189 g/mol. The predicted octanol–water partition coefficient (Wildman–Crippen LogP) is -0.846. The molecule has 5 heteroatoms. The average molecular weight is 189 g/mol. The van der Waals surface area contributed by atoms with Crippen LogP contribution in [-0.2, 0) is 9.53 Å². The van der Waals surface area contributed by atoms with Crippen LogP contribution in [0.25, 0.3) is 0 Å². The summed E-state index contributed by atoms with van der Waals surface area (Å²) in [5, 5.41) is 18.1. The van der Waals surface area contributed by atoms with E-state index in [1.165, 1.54) is 6.92 Å². The van der Waals surface area contributed by atoms with Gasteiger partial charge in [0.2, 0.25) is 0 Å². The highest BCUT2D eigenvalue weighted by Gasteiger charge is 2.32. The van der Waals surface area contributed by atoms with Crippen LogP contribution in [0.1, 0.15) is 6.92 Å². The van der Waals surface area contributed by atoms with Gasteiger partial charge in [-0.3, -0.25) is 4.90 Å². The standard InChI is InChI=1S/C8H15NO4/c1-8(12,7(10)11)6-9-2-4-13-5-3-9/h12H,2-6H2,1H3,(H,10,11). The van der Waals surface area contributed by atoms with Crippen molar-refractivity contribution in [1.29, 1.82) is 0 Å². The Morgan fingerprint density at radius 2 is 2.08 bits per heavy atom. The Hall–Kier alpha value is -0.650. The molecular formula is C8H15NO4. The Balaban J connectivity index is 2.41. The Labute approximate surface area is 76.9 Å². The molecule has 1 saturated heterocycles. The van der Waals surface area contributed by atoms with Crippen LogP contribution in [0.3, 0.4) is 0 Å². The molecule has 1 fully saturated rings. The van der Waals surface area contributed by atoms with Gasteiger partial charge in [0.15, 0.2) is 5.60 Å². The molecule has 0 spiro atoms. The summed E-state index contributed by atoms with van der Waals surface area (Å²) >= 11 is 0. The van der Waals surface area contributed by atoms with E-state index in [4.69, 9.17) is 9.84 Å². The lowest BCUT2D eigenvalue weighted by atomic mass is 10.1. The number of β-amino-alcohol motifs (C(OH)–C–C–N with tert-alkyl or cyclic N) is 1. The molecule has 76 valence electrons. The van der Waals surface area contributed by atoms with Gasteiger partial charge in [-0.1, -0.05) is 0 Å². The highest BCUT2D eigenvalue weighted by molar-refractivity contribution is 5.76. The first-order valence-corrected chi connectivity index (χ1v) is 4.28. The molecule has 5 nitrogen and oxygen atoms in total. The Bertz CT molecular complexity index is 187. The van der Waals surface area contributed by atoms with Gasteiger partial charge in [-0.15, -0.1) is 0 Å².